The number of aromatic amines is 1. The lowest BCUT2D eigenvalue weighted by Crippen LogP contribution is -2.23. The van der Waals surface area contributed by atoms with E-state index < -0.39 is 0 Å². The van der Waals surface area contributed by atoms with Gasteiger partial charge in [0.05, 0.1) is 0 Å². The first-order valence-electron chi connectivity index (χ1n) is 9.66. The zero-order valence-electron chi connectivity index (χ0n) is 17.3. The van der Waals surface area contributed by atoms with Crippen LogP contribution in [0.4, 0.5) is 5.69 Å². The van der Waals surface area contributed by atoms with Gasteiger partial charge < -0.3 is 10.2 Å². The monoisotopic (exact) mass is 423 g/mol. The van der Waals surface area contributed by atoms with Gasteiger partial charge in [-0.3, -0.25) is 19.3 Å². The van der Waals surface area contributed by atoms with Crippen LogP contribution in [0.5, 0.6) is 0 Å². The molecule has 0 saturated carbocycles. The van der Waals surface area contributed by atoms with E-state index in [0.717, 1.165) is 16.7 Å². The standard InChI is InChI=1S/C22H25N5O2S/c1-15-6-4-8-18(12-15)21-24-25-22(30)27(21)11-10-20(29)23-19-9-5-7-17(13-19)14-26(3)16(2)28/h4-9,12-13H,10-11,14H2,1-3H3,(H,23,29)(H,25,30). The van der Waals surface area contributed by atoms with Crippen LogP contribution in [0, 0.1) is 11.7 Å². The third-order valence-electron chi connectivity index (χ3n) is 4.77. The lowest BCUT2D eigenvalue weighted by molar-refractivity contribution is -0.128. The Morgan fingerprint density at radius 3 is 2.70 bits per heavy atom. The van der Waals surface area contributed by atoms with Crippen molar-refractivity contribution >= 4 is 29.7 Å². The molecule has 0 saturated heterocycles. The van der Waals surface area contributed by atoms with Crippen molar-refractivity contribution in [1.82, 2.24) is 19.7 Å². The van der Waals surface area contributed by atoms with Gasteiger partial charge in [-0.15, -0.1) is 0 Å². The number of benzene rings is 2. The molecule has 2 N–H and O–H groups in total. The number of hydrogen-bond donors (Lipinski definition) is 2. The number of nitrogens with zero attached hydrogens (tertiary/aromatic N) is 3. The average Bonchev–Trinajstić information content (AvgIpc) is 3.07. The zero-order chi connectivity index (χ0) is 21.7. The van der Waals surface area contributed by atoms with Crippen LogP contribution in [0.3, 0.4) is 0 Å². The van der Waals surface area contributed by atoms with Gasteiger partial charge >= 0.3 is 0 Å². The smallest absolute Gasteiger partial charge is 0.226 e. The zero-order valence-corrected chi connectivity index (χ0v) is 18.1. The number of aryl methyl sites for hydroxylation is 1. The number of carbonyl (C=O) groups is 2. The number of anilines is 1. The molecule has 2 amide bonds. The third-order valence-corrected chi connectivity index (χ3v) is 5.08. The summed E-state index contributed by atoms with van der Waals surface area (Å²) >= 11 is 5.35. The largest absolute Gasteiger partial charge is 0.342 e. The van der Waals surface area contributed by atoms with Gasteiger partial charge in [-0.25, -0.2) is 0 Å². The molecule has 7 nitrogen and oxygen atoms in total. The minimum atomic E-state index is -0.120. The first-order valence-corrected chi connectivity index (χ1v) is 10.1. The molecule has 1 heterocycles. The second-order valence-electron chi connectivity index (χ2n) is 7.25. The summed E-state index contributed by atoms with van der Waals surface area (Å²) in [5.74, 6) is 0.585. The first-order chi connectivity index (χ1) is 14.3. The van der Waals surface area contributed by atoms with E-state index in [1.807, 2.05) is 60.0 Å². The predicted octanol–water partition coefficient (Wildman–Crippen LogP) is 3.92. The number of carbonyl (C=O) groups excluding carboxylic acids is 2. The maximum atomic E-state index is 12.5. The molecule has 3 rings (SSSR count). The molecule has 0 atom stereocenters. The topological polar surface area (TPSA) is 83.0 Å². The number of hydrogen-bond acceptors (Lipinski definition) is 4. The Morgan fingerprint density at radius 2 is 1.97 bits per heavy atom. The summed E-state index contributed by atoms with van der Waals surface area (Å²) in [5.41, 5.74) is 3.72. The maximum Gasteiger partial charge on any atom is 0.226 e. The number of rotatable bonds is 7. The van der Waals surface area contributed by atoms with E-state index in [9.17, 15) is 9.59 Å². The van der Waals surface area contributed by atoms with Crippen LogP contribution in [-0.2, 0) is 22.7 Å². The maximum absolute atomic E-state index is 12.5. The molecular formula is C22H25N5O2S. The molecule has 1 aromatic heterocycles. The van der Waals surface area contributed by atoms with Crippen molar-refractivity contribution in [3.05, 3.63) is 64.4 Å². The highest BCUT2D eigenvalue weighted by atomic mass is 32.1. The first kappa shape index (κ1) is 21.4. The molecule has 8 heteroatoms. The molecule has 2 aromatic carbocycles. The minimum Gasteiger partial charge on any atom is -0.342 e. The fourth-order valence-electron chi connectivity index (χ4n) is 3.10. The van der Waals surface area contributed by atoms with Gasteiger partial charge in [0, 0.05) is 44.7 Å². The molecule has 156 valence electrons. The molecule has 0 fully saturated rings. The lowest BCUT2D eigenvalue weighted by atomic mass is 10.1. The Kier molecular flexibility index (Phi) is 6.79. The SMILES string of the molecule is CC(=O)N(C)Cc1cccc(NC(=O)CCn2c(-c3cccc(C)c3)n[nH]c2=S)c1. The second-order valence-corrected chi connectivity index (χ2v) is 7.63. The number of aromatic nitrogens is 3. The molecule has 30 heavy (non-hydrogen) atoms. The highest BCUT2D eigenvalue weighted by Gasteiger charge is 2.11. The molecule has 0 spiro atoms. The van der Waals surface area contributed by atoms with Crippen molar-refractivity contribution in [3.63, 3.8) is 0 Å². The van der Waals surface area contributed by atoms with E-state index in [-0.39, 0.29) is 18.2 Å². The molecule has 0 aliphatic carbocycles. The minimum absolute atomic E-state index is 0.00860. The van der Waals surface area contributed by atoms with Crippen molar-refractivity contribution in [1.29, 1.82) is 0 Å². The van der Waals surface area contributed by atoms with Gasteiger partial charge in [0.2, 0.25) is 11.8 Å². The lowest BCUT2D eigenvalue weighted by Gasteiger charge is -2.15. The summed E-state index contributed by atoms with van der Waals surface area (Å²) < 4.78 is 2.32. The van der Waals surface area contributed by atoms with Gasteiger partial charge in [0.1, 0.15) is 0 Å². The third kappa shape index (κ3) is 5.42. The molecule has 0 aliphatic heterocycles. The summed E-state index contributed by atoms with van der Waals surface area (Å²) in [4.78, 5) is 25.6. The molecule has 0 bridgehead atoms. The van der Waals surface area contributed by atoms with Crippen LogP contribution in [0.1, 0.15) is 24.5 Å². The fourth-order valence-corrected chi connectivity index (χ4v) is 3.32. The molecule has 0 aliphatic rings. The van der Waals surface area contributed by atoms with E-state index in [1.165, 1.54) is 6.92 Å². The van der Waals surface area contributed by atoms with Crippen LogP contribution in [-0.4, -0.2) is 38.5 Å². The number of nitrogens with one attached hydrogen (secondary N) is 2. The second kappa shape index (κ2) is 9.49. The van der Waals surface area contributed by atoms with E-state index in [4.69, 9.17) is 12.2 Å². The van der Waals surface area contributed by atoms with Gasteiger partial charge in [-0.2, -0.15) is 5.10 Å². The normalized spacial score (nSPS) is 10.6. The molecular weight excluding hydrogens is 398 g/mol. The van der Waals surface area contributed by atoms with Crippen LogP contribution < -0.4 is 5.32 Å². The molecule has 0 unspecified atom stereocenters. The Morgan fingerprint density at radius 1 is 1.20 bits per heavy atom. The summed E-state index contributed by atoms with van der Waals surface area (Å²) in [6.07, 6.45) is 0.254. The van der Waals surface area contributed by atoms with Crippen molar-refractivity contribution < 1.29 is 9.59 Å². The van der Waals surface area contributed by atoms with E-state index in [0.29, 0.717) is 29.4 Å². The quantitative estimate of drug-likeness (QED) is 0.564. The number of H-pyrrole nitrogens is 1. The van der Waals surface area contributed by atoms with Crippen LogP contribution in [0.15, 0.2) is 48.5 Å². The highest BCUT2D eigenvalue weighted by molar-refractivity contribution is 7.71. The molecule has 0 radical (unpaired) electrons. The van der Waals surface area contributed by atoms with Gasteiger partial charge in [-0.05, 0) is 42.9 Å². The predicted molar refractivity (Wildman–Crippen MR) is 119 cm³/mol. The van der Waals surface area contributed by atoms with Crippen molar-refractivity contribution in [2.45, 2.75) is 33.4 Å². The average molecular weight is 424 g/mol. The van der Waals surface area contributed by atoms with E-state index in [2.05, 4.69) is 15.5 Å². The van der Waals surface area contributed by atoms with Gasteiger partial charge in [0.15, 0.2) is 10.6 Å². The van der Waals surface area contributed by atoms with Gasteiger partial charge in [0.25, 0.3) is 0 Å². The van der Waals surface area contributed by atoms with Crippen molar-refractivity contribution in [2.24, 2.45) is 0 Å². The molecule has 3 aromatic rings. The summed E-state index contributed by atoms with van der Waals surface area (Å²) in [7, 11) is 1.74. The summed E-state index contributed by atoms with van der Waals surface area (Å²) in [6, 6.07) is 15.5. The highest BCUT2D eigenvalue weighted by Crippen LogP contribution is 2.19. The summed E-state index contributed by atoms with van der Waals surface area (Å²) in [6.45, 7) is 4.45. The van der Waals surface area contributed by atoms with Gasteiger partial charge in [-0.1, -0.05) is 35.9 Å². The Bertz CT molecular complexity index is 1120. The van der Waals surface area contributed by atoms with Crippen LogP contribution >= 0.6 is 12.2 Å². The van der Waals surface area contributed by atoms with Crippen molar-refractivity contribution in [3.8, 4) is 11.4 Å². The van der Waals surface area contributed by atoms with E-state index >= 15 is 0 Å². The Balaban J connectivity index is 1.65. The Labute approximate surface area is 180 Å². The Hall–Kier alpha value is -3.26. The van der Waals surface area contributed by atoms with Crippen LogP contribution in [0.2, 0.25) is 0 Å². The summed E-state index contributed by atoms with van der Waals surface area (Å²) in [5, 5.41) is 10.1. The van der Waals surface area contributed by atoms with Crippen molar-refractivity contribution in [2.75, 3.05) is 12.4 Å². The van der Waals surface area contributed by atoms with E-state index in [1.54, 1.807) is 11.9 Å². The number of amides is 2. The van der Waals surface area contributed by atoms with Crippen LogP contribution in [0.25, 0.3) is 11.4 Å². The fraction of sp³-hybridized carbons (Fsp3) is 0.273.